The highest BCUT2D eigenvalue weighted by Crippen LogP contribution is 2.21. The Morgan fingerprint density at radius 3 is 2.81 bits per heavy atom. The minimum absolute atomic E-state index is 0.155. The number of benzene rings is 2. The van der Waals surface area contributed by atoms with Crippen molar-refractivity contribution in [3.8, 4) is 11.4 Å². The number of aromatic nitrogens is 3. The van der Waals surface area contributed by atoms with E-state index in [1.807, 2.05) is 40.7 Å². The highest BCUT2D eigenvalue weighted by molar-refractivity contribution is 7.71. The summed E-state index contributed by atoms with van der Waals surface area (Å²) < 4.78 is 2.46. The summed E-state index contributed by atoms with van der Waals surface area (Å²) in [5, 5.41) is 7.23. The van der Waals surface area contributed by atoms with Crippen molar-refractivity contribution >= 4 is 18.1 Å². The number of nitrogens with zero attached hydrogens (tertiary/aromatic N) is 3. The van der Waals surface area contributed by atoms with E-state index in [9.17, 15) is 4.79 Å². The molecule has 138 valence electrons. The highest BCUT2D eigenvalue weighted by Gasteiger charge is 2.20. The topological polar surface area (TPSA) is 53.9 Å². The Labute approximate surface area is 163 Å². The molecule has 0 spiro atoms. The molecule has 3 aromatic rings. The quantitative estimate of drug-likeness (QED) is 0.701. The van der Waals surface area contributed by atoms with Gasteiger partial charge in [-0.1, -0.05) is 48.0 Å². The number of aromatic amines is 1. The van der Waals surface area contributed by atoms with E-state index in [1.165, 1.54) is 11.1 Å². The Morgan fingerprint density at radius 2 is 2.00 bits per heavy atom. The lowest BCUT2D eigenvalue weighted by Gasteiger charge is -2.29. The van der Waals surface area contributed by atoms with Crippen LogP contribution in [0.25, 0.3) is 11.4 Å². The van der Waals surface area contributed by atoms with Gasteiger partial charge < -0.3 is 4.90 Å². The maximum Gasteiger partial charge on any atom is 0.224 e. The van der Waals surface area contributed by atoms with Crippen LogP contribution in [0.3, 0.4) is 0 Å². The minimum atomic E-state index is 0.155. The molecule has 1 aromatic heterocycles. The smallest absolute Gasteiger partial charge is 0.224 e. The number of rotatable bonds is 4. The second-order valence-electron chi connectivity index (χ2n) is 6.96. The molecule has 4 rings (SSSR count). The SMILES string of the molecule is Cc1cccc(-c2n[nH]c(=S)n2CCC(=O)N2CCc3ccccc3C2)c1. The van der Waals surface area contributed by atoms with Crippen molar-refractivity contribution in [2.24, 2.45) is 0 Å². The van der Waals surface area contributed by atoms with Crippen LogP contribution in [0.15, 0.2) is 48.5 Å². The second kappa shape index (κ2) is 7.48. The summed E-state index contributed by atoms with van der Waals surface area (Å²) in [6.45, 7) is 4.04. The van der Waals surface area contributed by atoms with Gasteiger partial charge in [-0.25, -0.2) is 0 Å². The van der Waals surface area contributed by atoms with Crippen molar-refractivity contribution in [1.82, 2.24) is 19.7 Å². The summed E-state index contributed by atoms with van der Waals surface area (Å²) in [4.78, 5) is 14.7. The van der Waals surface area contributed by atoms with Crippen molar-refractivity contribution in [3.63, 3.8) is 0 Å². The molecular weight excluding hydrogens is 356 g/mol. The first-order valence-electron chi connectivity index (χ1n) is 9.18. The van der Waals surface area contributed by atoms with Gasteiger partial charge >= 0.3 is 0 Å². The van der Waals surface area contributed by atoms with E-state index in [2.05, 4.69) is 34.5 Å². The van der Waals surface area contributed by atoms with E-state index in [-0.39, 0.29) is 5.91 Å². The minimum Gasteiger partial charge on any atom is -0.338 e. The number of H-pyrrole nitrogens is 1. The third-order valence-electron chi connectivity index (χ3n) is 5.07. The Hall–Kier alpha value is -2.73. The maximum absolute atomic E-state index is 12.8. The number of nitrogens with one attached hydrogen (secondary N) is 1. The van der Waals surface area contributed by atoms with Crippen LogP contribution >= 0.6 is 12.2 Å². The average Bonchev–Trinajstić information content (AvgIpc) is 3.06. The van der Waals surface area contributed by atoms with Gasteiger partial charge in [0, 0.05) is 31.6 Å². The average molecular weight is 379 g/mol. The Bertz CT molecular complexity index is 1040. The maximum atomic E-state index is 12.8. The van der Waals surface area contributed by atoms with Crippen LogP contribution in [-0.4, -0.2) is 32.1 Å². The zero-order valence-corrected chi connectivity index (χ0v) is 16.1. The molecule has 1 amide bonds. The lowest BCUT2D eigenvalue weighted by Crippen LogP contribution is -2.36. The summed E-state index contributed by atoms with van der Waals surface area (Å²) in [6, 6.07) is 16.5. The molecule has 1 aliphatic heterocycles. The Morgan fingerprint density at radius 1 is 1.19 bits per heavy atom. The first-order valence-corrected chi connectivity index (χ1v) is 9.59. The van der Waals surface area contributed by atoms with Crippen molar-refractivity contribution < 1.29 is 4.79 Å². The third-order valence-corrected chi connectivity index (χ3v) is 5.38. The molecule has 1 aliphatic rings. The molecule has 0 saturated heterocycles. The highest BCUT2D eigenvalue weighted by atomic mass is 32.1. The molecule has 27 heavy (non-hydrogen) atoms. The van der Waals surface area contributed by atoms with Gasteiger partial charge in [-0.15, -0.1) is 0 Å². The first-order chi connectivity index (χ1) is 13.1. The van der Waals surface area contributed by atoms with Gasteiger partial charge in [0.2, 0.25) is 5.91 Å². The summed E-state index contributed by atoms with van der Waals surface area (Å²) in [6.07, 6.45) is 1.33. The molecule has 5 nitrogen and oxygen atoms in total. The standard InChI is InChI=1S/C21H22N4OS/c1-15-5-4-8-17(13-15)20-22-23-21(27)25(20)12-10-19(26)24-11-9-16-6-2-3-7-18(16)14-24/h2-8,13H,9-12,14H2,1H3,(H,23,27). The second-order valence-corrected chi connectivity index (χ2v) is 7.34. The van der Waals surface area contributed by atoms with Crippen molar-refractivity contribution in [1.29, 1.82) is 0 Å². The van der Waals surface area contributed by atoms with Crippen molar-refractivity contribution in [2.45, 2.75) is 32.9 Å². The summed E-state index contributed by atoms with van der Waals surface area (Å²) >= 11 is 5.39. The van der Waals surface area contributed by atoms with Crippen molar-refractivity contribution in [2.75, 3.05) is 6.54 Å². The fourth-order valence-corrected chi connectivity index (χ4v) is 3.83. The van der Waals surface area contributed by atoms with Crippen LogP contribution in [0.4, 0.5) is 0 Å². The largest absolute Gasteiger partial charge is 0.338 e. The van der Waals surface area contributed by atoms with Crippen molar-refractivity contribution in [3.05, 3.63) is 70.0 Å². The predicted octanol–water partition coefficient (Wildman–Crippen LogP) is 3.89. The van der Waals surface area contributed by atoms with E-state index in [4.69, 9.17) is 12.2 Å². The van der Waals surface area contributed by atoms with E-state index >= 15 is 0 Å². The molecule has 2 aromatic carbocycles. The van der Waals surface area contributed by atoms with Gasteiger partial charge in [0.1, 0.15) is 0 Å². The van der Waals surface area contributed by atoms with Crippen LogP contribution in [0, 0.1) is 11.7 Å². The number of hydrogen-bond donors (Lipinski definition) is 1. The zero-order valence-electron chi connectivity index (χ0n) is 15.3. The monoisotopic (exact) mass is 378 g/mol. The molecule has 0 fully saturated rings. The third kappa shape index (κ3) is 3.71. The molecule has 0 saturated carbocycles. The lowest BCUT2D eigenvalue weighted by molar-refractivity contribution is -0.132. The number of carbonyl (C=O) groups excluding carboxylic acids is 1. The number of carbonyl (C=O) groups is 1. The molecule has 0 bridgehead atoms. The lowest BCUT2D eigenvalue weighted by atomic mass is 10.00. The fourth-order valence-electron chi connectivity index (χ4n) is 3.60. The molecule has 2 heterocycles. The Balaban J connectivity index is 1.47. The van der Waals surface area contributed by atoms with E-state index in [0.29, 0.717) is 24.3 Å². The summed E-state index contributed by atoms with van der Waals surface area (Å²) in [5.74, 6) is 0.934. The summed E-state index contributed by atoms with van der Waals surface area (Å²) in [7, 11) is 0. The number of amides is 1. The van der Waals surface area contributed by atoms with Crippen LogP contribution < -0.4 is 0 Å². The van der Waals surface area contributed by atoms with Crippen LogP contribution in [0.1, 0.15) is 23.1 Å². The molecule has 0 unspecified atom stereocenters. The number of hydrogen-bond acceptors (Lipinski definition) is 3. The normalized spacial score (nSPS) is 13.4. The number of fused-ring (bicyclic) bond motifs is 1. The first kappa shape index (κ1) is 17.7. The number of aryl methyl sites for hydroxylation is 1. The van der Waals surface area contributed by atoms with Crippen LogP contribution in [0.2, 0.25) is 0 Å². The fraction of sp³-hybridized carbons (Fsp3) is 0.286. The molecule has 0 radical (unpaired) electrons. The van der Waals surface area contributed by atoms with E-state index in [0.717, 1.165) is 29.9 Å². The summed E-state index contributed by atoms with van der Waals surface area (Å²) in [5.41, 5.74) is 4.76. The van der Waals surface area contributed by atoms with E-state index in [1.54, 1.807) is 0 Å². The molecular formula is C21H22N4OS. The molecule has 0 aliphatic carbocycles. The van der Waals surface area contributed by atoms with Crippen LogP contribution in [0.5, 0.6) is 0 Å². The van der Waals surface area contributed by atoms with Gasteiger partial charge in [0.15, 0.2) is 10.6 Å². The molecule has 0 atom stereocenters. The van der Waals surface area contributed by atoms with Crippen LogP contribution in [-0.2, 0) is 24.3 Å². The van der Waals surface area contributed by atoms with Gasteiger partial charge in [-0.3, -0.25) is 14.5 Å². The predicted molar refractivity (Wildman–Crippen MR) is 108 cm³/mol. The van der Waals surface area contributed by atoms with Gasteiger partial charge in [-0.05, 0) is 42.8 Å². The Kier molecular flexibility index (Phi) is 4.90. The van der Waals surface area contributed by atoms with E-state index < -0.39 is 0 Å². The van der Waals surface area contributed by atoms with Gasteiger partial charge in [-0.2, -0.15) is 5.10 Å². The van der Waals surface area contributed by atoms with Gasteiger partial charge in [0.05, 0.1) is 0 Å². The molecule has 1 N–H and O–H groups in total. The van der Waals surface area contributed by atoms with Gasteiger partial charge in [0.25, 0.3) is 0 Å². The zero-order chi connectivity index (χ0) is 18.8. The molecule has 6 heteroatoms.